The molecule has 2 aromatic rings. The maximum atomic E-state index is 12.6. The van der Waals surface area contributed by atoms with E-state index >= 15 is 0 Å². The predicted octanol–water partition coefficient (Wildman–Crippen LogP) is 4.05. The number of nitrogens with one attached hydrogen (secondary N) is 1. The molecule has 0 bridgehead atoms. The van der Waals surface area contributed by atoms with Gasteiger partial charge in [-0.25, -0.2) is 0 Å². The van der Waals surface area contributed by atoms with Crippen LogP contribution in [0.5, 0.6) is 23.0 Å². The number of nitrogens with zero attached hydrogens (tertiary/aromatic N) is 1. The summed E-state index contributed by atoms with van der Waals surface area (Å²) >= 11 is 0. The fourth-order valence-corrected chi connectivity index (χ4v) is 2.59. The van der Waals surface area contributed by atoms with E-state index in [9.17, 15) is 10.1 Å². The minimum absolute atomic E-state index is 0.0818. The molecule has 0 aliphatic heterocycles. The van der Waals surface area contributed by atoms with E-state index < -0.39 is 5.91 Å². The van der Waals surface area contributed by atoms with Gasteiger partial charge >= 0.3 is 0 Å². The minimum Gasteiger partial charge on any atom is -0.493 e. The highest BCUT2D eigenvalue weighted by Gasteiger charge is 2.16. The molecule has 0 unspecified atom stereocenters. The summed E-state index contributed by atoms with van der Waals surface area (Å²) in [6.45, 7) is 3.77. The Balaban J connectivity index is 2.35. The number of hydrogen-bond donors (Lipinski definition) is 1. The fourth-order valence-electron chi connectivity index (χ4n) is 2.59. The number of methoxy groups -OCH3 is 3. The molecule has 0 aliphatic rings. The Morgan fingerprint density at radius 3 is 2.31 bits per heavy atom. The summed E-state index contributed by atoms with van der Waals surface area (Å²) in [5, 5.41) is 12.2. The van der Waals surface area contributed by atoms with Crippen LogP contribution in [-0.2, 0) is 4.79 Å². The number of anilines is 1. The summed E-state index contributed by atoms with van der Waals surface area (Å²) < 4.78 is 21.6. The van der Waals surface area contributed by atoms with Gasteiger partial charge in [0.25, 0.3) is 5.91 Å². The highest BCUT2D eigenvalue weighted by atomic mass is 16.5. The number of rotatable bonds is 8. The smallest absolute Gasteiger partial charge is 0.266 e. The number of para-hydroxylation sites is 1. The molecule has 7 heteroatoms. The third kappa shape index (κ3) is 5.42. The fraction of sp³-hybridized carbons (Fsp3) is 0.273. The van der Waals surface area contributed by atoms with Crippen LogP contribution < -0.4 is 24.3 Å². The minimum atomic E-state index is -0.557. The van der Waals surface area contributed by atoms with E-state index in [0.29, 0.717) is 34.2 Å². The Kier molecular flexibility index (Phi) is 7.49. The molecule has 0 saturated carbocycles. The van der Waals surface area contributed by atoms with Crippen LogP contribution in [0, 0.1) is 11.3 Å². The molecular formula is C22H24N2O5. The summed E-state index contributed by atoms with van der Waals surface area (Å²) in [7, 11) is 4.56. The molecule has 0 saturated heterocycles. The Bertz CT molecular complexity index is 945. The van der Waals surface area contributed by atoms with Gasteiger partial charge in [0.05, 0.1) is 27.4 Å². The Labute approximate surface area is 170 Å². The van der Waals surface area contributed by atoms with Crippen LogP contribution in [0.15, 0.2) is 42.0 Å². The van der Waals surface area contributed by atoms with Crippen molar-refractivity contribution in [2.24, 2.45) is 0 Å². The lowest BCUT2D eigenvalue weighted by Gasteiger charge is -2.16. The Morgan fingerprint density at radius 1 is 1.03 bits per heavy atom. The quantitative estimate of drug-likeness (QED) is 0.535. The first-order valence-corrected chi connectivity index (χ1v) is 8.92. The molecule has 0 spiro atoms. The summed E-state index contributed by atoms with van der Waals surface area (Å²) in [5.74, 6) is 1.43. The van der Waals surface area contributed by atoms with Crippen molar-refractivity contribution in [3.63, 3.8) is 0 Å². The van der Waals surface area contributed by atoms with E-state index in [1.54, 1.807) is 36.4 Å². The van der Waals surface area contributed by atoms with Crippen LogP contribution in [0.3, 0.4) is 0 Å². The average molecular weight is 396 g/mol. The monoisotopic (exact) mass is 396 g/mol. The number of hydrogen-bond acceptors (Lipinski definition) is 6. The maximum absolute atomic E-state index is 12.6. The normalized spacial score (nSPS) is 10.9. The van der Waals surface area contributed by atoms with E-state index in [1.807, 2.05) is 19.9 Å². The first kappa shape index (κ1) is 21.6. The van der Waals surface area contributed by atoms with Crippen LogP contribution >= 0.6 is 0 Å². The van der Waals surface area contributed by atoms with Crippen molar-refractivity contribution in [2.75, 3.05) is 26.6 Å². The second-order valence-corrected chi connectivity index (χ2v) is 6.24. The molecule has 29 heavy (non-hydrogen) atoms. The molecule has 7 nitrogen and oxygen atoms in total. The topological polar surface area (TPSA) is 89.8 Å². The van der Waals surface area contributed by atoms with Gasteiger partial charge in [-0.15, -0.1) is 0 Å². The number of benzene rings is 2. The second kappa shape index (κ2) is 10.0. The van der Waals surface area contributed by atoms with Crippen molar-refractivity contribution < 1.29 is 23.7 Å². The molecule has 1 N–H and O–H groups in total. The van der Waals surface area contributed by atoms with Crippen molar-refractivity contribution in [3.05, 3.63) is 47.5 Å². The van der Waals surface area contributed by atoms with E-state index in [4.69, 9.17) is 18.9 Å². The molecule has 2 rings (SSSR count). The van der Waals surface area contributed by atoms with E-state index in [0.717, 1.165) is 0 Å². The lowest BCUT2D eigenvalue weighted by molar-refractivity contribution is -0.112. The van der Waals surface area contributed by atoms with Gasteiger partial charge in [-0.05, 0) is 38.1 Å². The van der Waals surface area contributed by atoms with Crippen molar-refractivity contribution in [2.45, 2.75) is 20.0 Å². The number of nitriles is 1. The Morgan fingerprint density at radius 2 is 1.72 bits per heavy atom. The molecular weight excluding hydrogens is 372 g/mol. The predicted molar refractivity (Wildman–Crippen MR) is 111 cm³/mol. The number of amides is 1. The third-order valence-corrected chi connectivity index (χ3v) is 3.89. The average Bonchev–Trinajstić information content (AvgIpc) is 2.72. The van der Waals surface area contributed by atoms with Crippen LogP contribution in [0.2, 0.25) is 0 Å². The molecule has 0 radical (unpaired) electrons. The van der Waals surface area contributed by atoms with Crippen molar-refractivity contribution in [1.29, 1.82) is 5.26 Å². The molecule has 1 amide bonds. The van der Waals surface area contributed by atoms with E-state index in [1.165, 1.54) is 27.4 Å². The van der Waals surface area contributed by atoms with Crippen LogP contribution in [0.1, 0.15) is 19.4 Å². The van der Waals surface area contributed by atoms with Crippen molar-refractivity contribution >= 4 is 17.7 Å². The number of carbonyl (C=O) groups excluding carboxylic acids is 1. The molecule has 0 aliphatic carbocycles. The molecule has 0 atom stereocenters. The van der Waals surface area contributed by atoms with Gasteiger partial charge in [0.1, 0.15) is 11.6 Å². The lowest BCUT2D eigenvalue weighted by atomic mass is 10.1. The summed E-state index contributed by atoms with van der Waals surface area (Å²) in [6.07, 6.45) is 1.36. The van der Waals surface area contributed by atoms with Crippen LogP contribution in [0.4, 0.5) is 5.69 Å². The second-order valence-electron chi connectivity index (χ2n) is 6.24. The van der Waals surface area contributed by atoms with Gasteiger partial charge in [-0.3, -0.25) is 4.79 Å². The maximum Gasteiger partial charge on any atom is 0.266 e. The van der Waals surface area contributed by atoms with Crippen LogP contribution in [0.25, 0.3) is 6.08 Å². The molecule has 0 aromatic heterocycles. The van der Waals surface area contributed by atoms with E-state index in [2.05, 4.69) is 5.32 Å². The van der Waals surface area contributed by atoms with Gasteiger partial charge in [0.2, 0.25) is 0 Å². The van der Waals surface area contributed by atoms with E-state index in [-0.39, 0.29) is 11.7 Å². The number of carbonyl (C=O) groups is 1. The zero-order chi connectivity index (χ0) is 21.4. The first-order valence-electron chi connectivity index (χ1n) is 8.92. The van der Waals surface area contributed by atoms with Gasteiger partial charge in [-0.1, -0.05) is 12.1 Å². The molecule has 0 heterocycles. The van der Waals surface area contributed by atoms with Gasteiger partial charge < -0.3 is 24.3 Å². The highest BCUT2D eigenvalue weighted by molar-refractivity contribution is 6.10. The van der Waals surface area contributed by atoms with Gasteiger partial charge in [-0.2, -0.15) is 5.26 Å². The largest absolute Gasteiger partial charge is 0.493 e. The van der Waals surface area contributed by atoms with Crippen molar-refractivity contribution in [1.82, 2.24) is 0 Å². The first-order chi connectivity index (χ1) is 13.9. The van der Waals surface area contributed by atoms with Crippen molar-refractivity contribution in [3.8, 4) is 29.1 Å². The molecule has 152 valence electrons. The molecule has 0 fully saturated rings. The Hall–Kier alpha value is -3.66. The van der Waals surface area contributed by atoms with Crippen LogP contribution in [-0.4, -0.2) is 33.3 Å². The zero-order valence-corrected chi connectivity index (χ0v) is 17.1. The van der Waals surface area contributed by atoms with Gasteiger partial charge in [0, 0.05) is 17.3 Å². The highest BCUT2D eigenvalue weighted by Crippen LogP contribution is 2.34. The van der Waals surface area contributed by atoms with Gasteiger partial charge in [0.15, 0.2) is 23.0 Å². The third-order valence-electron chi connectivity index (χ3n) is 3.89. The zero-order valence-electron chi connectivity index (χ0n) is 17.1. The standard InChI is InChI=1S/C22H24N2O5/c1-14(2)29-21-15(7-6-8-19(21)27-4)11-16(13-23)22(25)24-17-9-10-18(26-3)20(12-17)28-5/h6-12,14H,1-5H3,(H,24,25)/b16-11+. The SMILES string of the molecule is COc1ccc(NC(=O)/C(C#N)=C/c2cccc(OC)c2OC(C)C)cc1OC. The summed E-state index contributed by atoms with van der Waals surface area (Å²) in [4.78, 5) is 12.6. The summed E-state index contributed by atoms with van der Waals surface area (Å²) in [6, 6.07) is 12.1. The summed E-state index contributed by atoms with van der Waals surface area (Å²) in [5.41, 5.74) is 0.955. The molecule has 2 aromatic carbocycles. The lowest BCUT2D eigenvalue weighted by Crippen LogP contribution is -2.14. The number of ether oxygens (including phenoxy) is 4.